The van der Waals surface area contributed by atoms with Crippen LogP contribution in [0, 0.1) is 18.3 Å². The first kappa shape index (κ1) is 22.2. The van der Waals surface area contributed by atoms with Gasteiger partial charge in [-0.15, -0.1) is 0 Å². The highest BCUT2D eigenvalue weighted by Gasteiger charge is 2.26. The minimum absolute atomic E-state index is 0.0261. The molecule has 0 saturated heterocycles. The second kappa shape index (κ2) is 9.09. The van der Waals surface area contributed by atoms with Crippen LogP contribution in [0.5, 0.6) is 0 Å². The molecule has 2 heterocycles. The number of aromatic nitrogens is 2. The molecule has 0 fully saturated rings. The molecule has 0 amide bonds. The standard InChI is InChI=1S/C25H35N3O2/c1-16-8-9-19-13-20(16)18(3)17(2)12-22(25(4,5)6)24(26-7)30-11-10-29-15-23-21(19)14-27-28-23/h8-9,13-14,17,26H,3,10-12,15H2,1-2,4-7H3,(H,27,28)/b24-22+. The summed E-state index contributed by atoms with van der Waals surface area (Å²) in [5, 5.41) is 10.6. The molecular weight excluding hydrogens is 374 g/mol. The summed E-state index contributed by atoms with van der Waals surface area (Å²) in [6.45, 7) is 17.0. The number of benzene rings is 1. The predicted octanol–water partition coefficient (Wildman–Crippen LogP) is 5.45. The van der Waals surface area contributed by atoms with Crippen molar-refractivity contribution in [1.82, 2.24) is 15.5 Å². The van der Waals surface area contributed by atoms with E-state index >= 15 is 0 Å². The van der Waals surface area contributed by atoms with Gasteiger partial charge in [-0.2, -0.15) is 5.10 Å². The number of fused-ring (bicyclic) bond motifs is 4. The van der Waals surface area contributed by atoms with Crippen molar-refractivity contribution in [2.75, 3.05) is 20.3 Å². The minimum Gasteiger partial charge on any atom is -0.477 e. The van der Waals surface area contributed by atoms with Gasteiger partial charge in [0.25, 0.3) is 0 Å². The van der Waals surface area contributed by atoms with Gasteiger partial charge in [0.15, 0.2) is 5.88 Å². The van der Waals surface area contributed by atoms with Gasteiger partial charge in [-0.1, -0.05) is 46.4 Å². The lowest BCUT2D eigenvalue weighted by atomic mass is 9.78. The van der Waals surface area contributed by atoms with E-state index in [0.29, 0.717) is 19.8 Å². The van der Waals surface area contributed by atoms with Gasteiger partial charge in [0.05, 0.1) is 25.1 Å². The van der Waals surface area contributed by atoms with Crippen LogP contribution in [0.4, 0.5) is 0 Å². The van der Waals surface area contributed by atoms with Crippen LogP contribution < -0.4 is 5.32 Å². The van der Waals surface area contributed by atoms with Crippen molar-refractivity contribution < 1.29 is 9.47 Å². The van der Waals surface area contributed by atoms with Crippen LogP contribution in [0.15, 0.2) is 42.4 Å². The smallest absolute Gasteiger partial charge is 0.186 e. The van der Waals surface area contributed by atoms with Crippen molar-refractivity contribution in [2.24, 2.45) is 11.3 Å². The highest BCUT2D eigenvalue weighted by atomic mass is 16.5. The second-order valence-corrected chi connectivity index (χ2v) is 9.13. The van der Waals surface area contributed by atoms with E-state index in [2.05, 4.69) is 74.9 Å². The summed E-state index contributed by atoms with van der Waals surface area (Å²) >= 11 is 0. The molecule has 5 heteroatoms. The molecule has 2 bridgehead atoms. The number of allylic oxidation sites excluding steroid dienone is 2. The molecule has 1 unspecified atom stereocenters. The average Bonchev–Trinajstić information content (AvgIpc) is 3.16. The topological polar surface area (TPSA) is 59.2 Å². The molecule has 1 aliphatic heterocycles. The van der Waals surface area contributed by atoms with Crippen molar-refractivity contribution in [3.05, 3.63) is 59.3 Å². The summed E-state index contributed by atoms with van der Waals surface area (Å²) in [5.41, 5.74) is 7.97. The van der Waals surface area contributed by atoms with E-state index in [1.165, 1.54) is 16.7 Å². The summed E-state index contributed by atoms with van der Waals surface area (Å²) in [7, 11) is 1.92. The molecule has 0 saturated carbocycles. The van der Waals surface area contributed by atoms with Gasteiger partial charge in [0, 0.05) is 12.6 Å². The maximum atomic E-state index is 6.12. The number of hydrogen-bond donors (Lipinski definition) is 2. The summed E-state index contributed by atoms with van der Waals surface area (Å²) in [5.74, 6) is 1.11. The molecule has 0 aliphatic carbocycles. The van der Waals surface area contributed by atoms with Crippen LogP contribution in [-0.4, -0.2) is 30.5 Å². The maximum absolute atomic E-state index is 6.12. The van der Waals surface area contributed by atoms with E-state index in [1.807, 2.05) is 13.2 Å². The van der Waals surface area contributed by atoms with E-state index in [9.17, 15) is 0 Å². The van der Waals surface area contributed by atoms with Gasteiger partial charge in [0.2, 0.25) is 0 Å². The molecule has 0 spiro atoms. The Morgan fingerprint density at radius 2 is 1.97 bits per heavy atom. The molecule has 2 aromatic rings. The number of rotatable bonds is 1. The van der Waals surface area contributed by atoms with Crippen molar-refractivity contribution in [1.29, 1.82) is 0 Å². The molecule has 1 aromatic carbocycles. The minimum atomic E-state index is -0.0261. The van der Waals surface area contributed by atoms with Crippen LogP contribution in [0.2, 0.25) is 0 Å². The molecule has 3 rings (SSSR count). The van der Waals surface area contributed by atoms with Crippen LogP contribution in [0.1, 0.15) is 50.9 Å². The first-order valence-corrected chi connectivity index (χ1v) is 10.7. The molecule has 0 radical (unpaired) electrons. The summed E-state index contributed by atoms with van der Waals surface area (Å²) < 4.78 is 12.0. The summed E-state index contributed by atoms with van der Waals surface area (Å²) in [4.78, 5) is 0. The molecule has 5 nitrogen and oxygen atoms in total. The SMILES string of the molecule is C=C1c2cc(ccc2C)-c2cn[nH]c2COCCO/C(NC)=C(/C(C)(C)C)CC1C. The van der Waals surface area contributed by atoms with E-state index in [0.717, 1.165) is 34.7 Å². The van der Waals surface area contributed by atoms with Crippen molar-refractivity contribution in [3.8, 4) is 11.1 Å². The Hall–Kier alpha value is -2.53. The first-order chi connectivity index (χ1) is 14.2. The Bertz CT molecular complexity index is 934. The average molecular weight is 410 g/mol. The van der Waals surface area contributed by atoms with E-state index in [1.54, 1.807) is 0 Å². The Balaban J connectivity index is 2.07. The fourth-order valence-corrected chi connectivity index (χ4v) is 3.93. The third-order valence-electron chi connectivity index (χ3n) is 5.84. The largest absolute Gasteiger partial charge is 0.477 e. The van der Waals surface area contributed by atoms with E-state index in [4.69, 9.17) is 9.47 Å². The Morgan fingerprint density at radius 3 is 2.67 bits per heavy atom. The zero-order valence-electron chi connectivity index (χ0n) is 19.2. The lowest BCUT2D eigenvalue weighted by molar-refractivity contribution is 0.0586. The summed E-state index contributed by atoms with van der Waals surface area (Å²) in [6, 6.07) is 6.55. The van der Waals surface area contributed by atoms with Crippen molar-refractivity contribution >= 4 is 5.57 Å². The lowest BCUT2D eigenvalue weighted by Crippen LogP contribution is -2.23. The van der Waals surface area contributed by atoms with E-state index in [-0.39, 0.29) is 11.3 Å². The fourth-order valence-electron chi connectivity index (χ4n) is 3.93. The molecule has 1 atom stereocenters. The van der Waals surface area contributed by atoms with Gasteiger partial charge in [-0.25, -0.2) is 0 Å². The molecular formula is C25H35N3O2. The molecule has 162 valence electrons. The number of nitrogens with one attached hydrogen (secondary N) is 2. The molecule has 2 N–H and O–H groups in total. The highest BCUT2D eigenvalue weighted by Crippen LogP contribution is 2.38. The zero-order valence-corrected chi connectivity index (χ0v) is 19.2. The van der Waals surface area contributed by atoms with Crippen LogP contribution in [-0.2, 0) is 16.1 Å². The molecule has 30 heavy (non-hydrogen) atoms. The van der Waals surface area contributed by atoms with Crippen molar-refractivity contribution in [2.45, 2.75) is 47.6 Å². The predicted molar refractivity (Wildman–Crippen MR) is 123 cm³/mol. The van der Waals surface area contributed by atoms with Crippen LogP contribution in [0.3, 0.4) is 0 Å². The van der Waals surface area contributed by atoms with E-state index < -0.39 is 0 Å². The van der Waals surface area contributed by atoms with Gasteiger partial charge in [0.1, 0.15) is 6.61 Å². The normalized spacial score (nSPS) is 21.3. The Morgan fingerprint density at radius 1 is 1.20 bits per heavy atom. The third-order valence-corrected chi connectivity index (χ3v) is 5.84. The molecule has 1 aromatic heterocycles. The fraction of sp³-hybridized carbons (Fsp3) is 0.480. The first-order valence-electron chi connectivity index (χ1n) is 10.7. The highest BCUT2D eigenvalue weighted by molar-refractivity contribution is 5.75. The number of ether oxygens (including phenoxy) is 2. The second-order valence-electron chi connectivity index (χ2n) is 9.13. The number of H-pyrrole nitrogens is 1. The maximum Gasteiger partial charge on any atom is 0.186 e. The van der Waals surface area contributed by atoms with Crippen molar-refractivity contribution in [3.63, 3.8) is 0 Å². The Kier molecular flexibility index (Phi) is 6.71. The third kappa shape index (κ3) is 4.78. The van der Waals surface area contributed by atoms with Gasteiger partial charge in [-0.3, -0.25) is 5.10 Å². The summed E-state index contributed by atoms with van der Waals surface area (Å²) in [6.07, 6.45) is 2.74. The molecule has 1 aliphatic rings. The number of hydrogen-bond acceptors (Lipinski definition) is 4. The van der Waals surface area contributed by atoms with Crippen LogP contribution >= 0.6 is 0 Å². The lowest BCUT2D eigenvalue weighted by Gasteiger charge is -2.29. The van der Waals surface area contributed by atoms with Gasteiger partial charge >= 0.3 is 0 Å². The number of aromatic amines is 1. The monoisotopic (exact) mass is 409 g/mol. The number of nitrogens with zero attached hydrogens (tertiary/aromatic N) is 1. The van der Waals surface area contributed by atoms with Gasteiger partial charge in [-0.05, 0) is 58.6 Å². The van der Waals surface area contributed by atoms with Gasteiger partial charge < -0.3 is 14.8 Å². The van der Waals surface area contributed by atoms with Crippen LogP contribution in [0.25, 0.3) is 16.7 Å². The number of aryl methyl sites for hydroxylation is 1. The Labute approximate surface area is 180 Å². The quantitative estimate of drug-likeness (QED) is 0.658. The zero-order chi connectivity index (χ0) is 21.9.